The van der Waals surface area contributed by atoms with Crippen LogP contribution in [0.4, 0.5) is 0 Å². The number of aryl methyl sites for hydroxylation is 1. The Bertz CT molecular complexity index is 1000. The minimum atomic E-state index is -1.69. The van der Waals surface area contributed by atoms with Gasteiger partial charge in [-0.3, -0.25) is 0 Å². The lowest BCUT2D eigenvalue weighted by atomic mass is 10.2. The Labute approximate surface area is 171 Å². The summed E-state index contributed by atoms with van der Waals surface area (Å²) in [5.74, 6) is 1.67. The Morgan fingerprint density at radius 3 is 1.65 bits per heavy atom. The monoisotopic (exact) mass is 450 g/mol. The summed E-state index contributed by atoms with van der Waals surface area (Å²) in [6, 6.07) is 26.7. The highest BCUT2D eigenvalue weighted by Crippen LogP contribution is 3.04. The van der Waals surface area contributed by atoms with Crippen molar-refractivity contribution in [2.45, 2.75) is 6.92 Å². The van der Waals surface area contributed by atoms with Crippen molar-refractivity contribution in [1.82, 2.24) is 0 Å². The van der Waals surface area contributed by atoms with Gasteiger partial charge in [0.15, 0.2) is 0 Å². The maximum Gasteiger partial charge on any atom is 0.127 e. The van der Waals surface area contributed by atoms with E-state index in [4.69, 9.17) is 28.4 Å². The molecule has 1 fully saturated rings. The van der Waals surface area contributed by atoms with Crippen LogP contribution >= 0.6 is 30.9 Å². The fraction of sp³-hybridized carbons (Fsp3) is 0.0526. The van der Waals surface area contributed by atoms with Crippen LogP contribution in [0.1, 0.15) is 5.56 Å². The molecule has 0 aromatic heterocycles. The van der Waals surface area contributed by atoms with E-state index in [0.717, 1.165) is 11.5 Å². The summed E-state index contributed by atoms with van der Waals surface area (Å²) in [6.45, 7) is 2.10. The van der Waals surface area contributed by atoms with Crippen molar-refractivity contribution in [3.05, 3.63) is 84.4 Å². The van der Waals surface area contributed by atoms with E-state index < -0.39 is 8.88 Å². The first-order valence-corrected chi connectivity index (χ1v) is 17.7. The van der Waals surface area contributed by atoms with E-state index in [2.05, 4.69) is 43.3 Å². The van der Waals surface area contributed by atoms with E-state index in [1.54, 1.807) is 0 Å². The molecule has 0 saturated carbocycles. The first kappa shape index (κ1) is 18.8. The van der Waals surface area contributed by atoms with Gasteiger partial charge in [-0.15, -0.1) is 0 Å². The molecule has 0 unspecified atom stereocenters. The molecular weight excluding hydrogens is 434 g/mol. The number of hydrogen-bond donors (Lipinski definition) is 0. The molecule has 0 atom stereocenters. The van der Waals surface area contributed by atoms with Gasteiger partial charge in [0.2, 0.25) is 0 Å². The molecule has 132 valence electrons. The van der Waals surface area contributed by atoms with Crippen LogP contribution < -0.4 is 15.3 Å². The molecule has 1 saturated heterocycles. The number of ether oxygens (including phenoxy) is 1. The van der Waals surface area contributed by atoms with Gasteiger partial charge in [-0.1, -0.05) is 93.6 Å². The van der Waals surface area contributed by atoms with E-state index >= 15 is 0 Å². The van der Waals surface area contributed by atoms with E-state index in [-0.39, 0.29) is 0 Å². The molecule has 1 aliphatic heterocycles. The molecular formula is C19H16OP2S4. The molecule has 0 amide bonds. The van der Waals surface area contributed by atoms with Crippen LogP contribution in [0.15, 0.2) is 78.9 Å². The molecule has 0 bridgehead atoms. The number of hydrogen-bond acceptors (Lipinski definition) is 5. The second-order valence-corrected chi connectivity index (χ2v) is 27.2. The van der Waals surface area contributed by atoms with E-state index in [9.17, 15) is 0 Å². The Morgan fingerprint density at radius 2 is 1.12 bits per heavy atom. The second-order valence-electron chi connectivity index (χ2n) is 5.90. The van der Waals surface area contributed by atoms with Gasteiger partial charge in [0, 0.05) is 10.6 Å². The molecule has 3 aromatic carbocycles. The zero-order chi connectivity index (χ0) is 18.2. The lowest BCUT2D eigenvalue weighted by molar-refractivity contribution is 0.483. The molecule has 1 aliphatic rings. The molecule has 26 heavy (non-hydrogen) atoms. The minimum Gasteiger partial charge on any atom is -0.457 e. The Kier molecular flexibility index (Phi) is 5.40. The Balaban J connectivity index is 1.49. The van der Waals surface area contributed by atoms with Crippen LogP contribution in [-0.2, 0) is 23.6 Å². The van der Waals surface area contributed by atoms with Gasteiger partial charge in [0.1, 0.15) is 11.5 Å². The van der Waals surface area contributed by atoms with Crippen molar-refractivity contribution in [2.24, 2.45) is 0 Å². The van der Waals surface area contributed by atoms with Crippen LogP contribution in [-0.4, -0.2) is 0 Å². The van der Waals surface area contributed by atoms with Crippen molar-refractivity contribution >= 4 is 65.1 Å². The predicted octanol–water partition coefficient (Wildman–Crippen LogP) is 6.84. The van der Waals surface area contributed by atoms with Crippen molar-refractivity contribution in [3.63, 3.8) is 0 Å². The van der Waals surface area contributed by atoms with E-state index in [1.165, 1.54) is 16.2 Å². The standard InChI is InChI=1S/C19H16OP2S4/c1-15-7-11-18(12-8-15)21(23)25-22(24,26-21)19-13-9-17(10-14-19)20-16-5-3-2-4-6-16/h2-14H,1H3. The molecule has 1 heterocycles. The Morgan fingerprint density at radius 1 is 0.654 bits per heavy atom. The SMILES string of the molecule is Cc1ccc(P2(=S)SP(=S)(c3ccc(Oc4ccccc4)cc3)S2)cc1. The van der Waals surface area contributed by atoms with Crippen LogP contribution in [0, 0.1) is 6.92 Å². The third-order valence-corrected chi connectivity index (χ3v) is 35.1. The summed E-state index contributed by atoms with van der Waals surface area (Å²) < 4.78 is 2.54. The molecule has 0 spiro atoms. The van der Waals surface area contributed by atoms with Crippen LogP contribution in [0.5, 0.6) is 11.5 Å². The summed E-state index contributed by atoms with van der Waals surface area (Å²) in [5.41, 5.74) is 1.26. The molecule has 0 radical (unpaired) electrons. The van der Waals surface area contributed by atoms with E-state index in [0.29, 0.717) is 0 Å². The largest absolute Gasteiger partial charge is 0.457 e. The number of benzene rings is 3. The predicted molar refractivity (Wildman–Crippen MR) is 127 cm³/mol. The van der Waals surface area contributed by atoms with Gasteiger partial charge in [0.25, 0.3) is 0 Å². The highest BCUT2D eigenvalue weighted by Gasteiger charge is 2.45. The molecule has 7 heteroatoms. The smallest absolute Gasteiger partial charge is 0.127 e. The van der Waals surface area contributed by atoms with Crippen LogP contribution in [0.2, 0.25) is 0 Å². The van der Waals surface area contributed by atoms with Crippen LogP contribution in [0.3, 0.4) is 0 Å². The summed E-state index contributed by atoms with van der Waals surface area (Å²) >= 11 is 15.7. The van der Waals surface area contributed by atoms with Gasteiger partial charge in [0.05, 0.1) is 8.88 Å². The normalized spacial score (nSPS) is 24.7. The maximum absolute atomic E-state index is 6.00. The molecule has 0 N–H and O–H groups in total. The first-order valence-electron chi connectivity index (χ1n) is 8.00. The second kappa shape index (κ2) is 7.47. The average Bonchev–Trinajstić information content (AvgIpc) is 2.62. The van der Waals surface area contributed by atoms with Crippen LogP contribution in [0.25, 0.3) is 0 Å². The molecule has 0 aliphatic carbocycles. The average molecular weight is 451 g/mol. The number of para-hydroxylation sites is 1. The lowest BCUT2D eigenvalue weighted by Gasteiger charge is -2.40. The van der Waals surface area contributed by atoms with E-state index in [1.807, 2.05) is 64.5 Å². The molecule has 1 nitrogen and oxygen atoms in total. The van der Waals surface area contributed by atoms with Gasteiger partial charge >= 0.3 is 0 Å². The van der Waals surface area contributed by atoms with Crippen molar-refractivity contribution in [3.8, 4) is 11.5 Å². The zero-order valence-electron chi connectivity index (χ0n) is 13.9. The van der Waals surface area contributed by atoms with Crippen molar-refractivity contribution in [1.29, 1.82) is 0 Å². The summed E-state index contributed by atoms with van der Waals surface area (Å²) in [7, 11) is 0. The highest BCUT2D eigenvalue weighted by molar-refractivity contribution is 9.48. The van der Waals surface area contributed by atoms with Gasteiger partial charge in [-0.25, -0.2) is 0 Å². The highest BCUT2D eigenvalue weighted by atomic mass is 33.7. The fourth-order valence-electron chi connectivity index (χ4n) is 2.53. The third kappa shape index (κ3) is 3.85. The molecule has 3 aromatic rings. The van der Waals surface area contributed by atoms with Crippen molar-refractivity contribution < 1.29 is 4.74 Å². The minimum absolute atomic E-state index is 0.829. The summed E-state index contributed by atoms with van der Waals surface area (Å²) in [6.07, 6.45) is 0. The Hall–Kier alpha value is -0.540. The number of rotatable bonds is 4. The third-order valence-electron chi connectivity index (χ3n) is 3.91. The van der Waals surface area contributed by atoms with Gasteiger partial charge in [-0.2, -0.15) is 0 Å². The topological polar surface area (TPSA) is 9.23 Å². The fourth-order valence-corrected chi connectivity index (χ4v) is 44.8. The zero-order valence-corrected chi connectivity index (χ0v) is 19.0. The van der Waals surface area contributed by atoms with Gasteiger partial charge in [-0.05, 0) is 43.3 Å². The van der Waals surface area contributed by atoms with Gasteiger partial charge < -0.3 is 4.74 Å². The summed E-state index contributed by atoms with van der Waals surface area (Å²) in [5, 5.41) is 2.49. The maximum atomic E-state index is 6.00. The molecule has 4 rings (SSSR count). The van der Waals surface area contributed by atoms with Crippen molar-refractivity contribution in [2.75, 3.05) is 0 Å². The summed E-state index contributed by atoms with van der Waals surface area (Å²) in [4.78, 5) is 0. The lowest BCUT2D eigenvalue weighted by Crippen LogP contribution is -2.09. The quantitative estimate of drug-likeness (QED) is 0.401. The first-order chi connectivity index (χ1) is 12.5.